The zero-order chi connectivity index (χ0) is 29.1. The van der Waals surface area contributed by atoms with Crippen LogP contribution in [0, 0.1) is 12.3 Å². The number of benzene rings is 2. The molecule has 5 N–H and O–H groups in total. The molecule has 0 radical (unpaired) electrons. The highest BCUT2D eigenvalue weighted by Crippen LogP contribution is 2.35. The molecule has 0 bridgehead atoms. The van der Waals surface area contributed by atoms with Crippen LogP contribution in [0.25, 0.3) is 11.1 Å². The quantitative estimate of drug-likeness (QED) is 0.240. The van der Waals surface area contributed by atoms with Crippen LogP contribution in [0.5, 0.6) is 0 Å². The van der Waals surface area contributed by atoms with Crippen molar-refractivity contribution < 1.29 is 23.9 Å². The summed E-state index contributed by atoms with van der Waals surface area (Å²) in [4.78, 5) is 42.0. The van der Waals surface area contributed by atoms with Crippen LogP contribution in [-0.2, 0) is 19.1 Å². The molecule has 2 aliphatic rings. The van der Waals surface area contributed by atoms with Gasteiger partial charge in [-0.05, 0) is 43.2 Å². The third-order valence-corrected chi connectivity index (χ3v) is 8.47. The van der Waals surface area contributed by atoms with Gasteiger partial charge in [0.25, 0.3) is 5.91 Å². The molecule has 3 heterocycles. The Hall–Kier alpha value is -4.06. The number of thiophene rings is 1. The van der Waals surface area contributed by atoms with E-state index < -0.39 is 17.7 Å². The number of aryl methyl sites for hydroxylation is 1. The number of nitrogens with zero attached hydrogens (tertiary/aromatic N) is 1. The number of carbonyl (C=O) groups excluding carboxylic acids is 3. The Bertz CT molecular complexity index is 1460. The van der Waals surface area contributed by atoms with Crippen molar-refractivity contribution in [2.75, 3.05) is 26.3 Å². The molecule has 0 saturated carbocycles. The summed E-state index contributed by atoms with van der Waals surface area (Å²) in [5.74, 6) is -2.23. The van der Waals surface area contributed by atoms with E-state index >= 15 is 0 Å². The van der Waals surface area contributed by atoms with E-state index in [1.165, 1.54) is 16.2 Å². The average molecular weight is 576 g/mol. The smallest absolute Gasteiger partial charge is 0.251 e. The lowest BCUT2D eigenvalue weighted by molar-refractivity contribution is -0.152. The van der Waals surface area contributed by atoms with Gasteiger partial charge < -0.3 is 30.7 Å². The molecule has 2 aromatic carbocycles. The van der Waals surface area contributed by atoms with Gasteiger partial charge in [0, 0.05) is 27.8 Å². The topological polar surface area (TPSA) is 147 Å². The van der Waals surface area contributed by atoms with Gasteiger partial charge >= 0.3 is 0 Å². The van der Waals surface area contributed by atoms with Crippen LogP contribution in [0.15, 0.2) is 60.0 Å². The van der Waals surface area contributed by atoms with E-state index in [0.717, 1.165) is 21.6 Å². The number of amidine groups is 1. The normalized spacial score (nSPS) is 18.3. The highest BCUT2D eigenvalue weighted by molar-refractivity contribution is 7.10. The number of nitrogens with one attached hydrogen (secondary N) is 3. The molecule has 2 saturated heterocycles. The number of likely N-dealkylation sites (tertiary alicyclic amines) is 1. The van der Waals surface area contributed by atoms with Crippen LogP contribution < -0.4 is 16.4 Å². The summed E-state index contributed by atoms with van der Waals surface area (Å²) in [5, 5.41) is 15.0. The summed E-state index contributed by atoms with van der Waals surface area (Å²) in [7, 11) is 0. The van der Waals surface area contributed by atoms with Crippen LogP contribution in [0.2, 0.25) is 0 Å². The SMILES string of the molecule is Cc1ccc(-c2cccc(C(=O)NCC(=O)N3CC4(CC3C(=O)N[C@H](C)c3cc(C(=N)N)cs3)OCCO4)c2)cc1. The zero-order valence-corrected chi connectivity index (χ0v) is 23.8. The van der Waals surface area contributed by atoms with Crippen molar-refractivity contribution in [3.05, 3.63) is 81.5 Å². The van der Waals surface area contributed by atoms with Crippen molar-refractivity contribution in [1.82, 2.24) is 15.5 Å². The summed E-state index contributed by atoms with van der Waals surface area (Å²) in [6, 6.07) is 15.8. The summed E-state index contributed by atoms with van der Waals surface area (Å²) < 4.78 is 11.6. The molecule has 10 nitrogen and oxygen atoms in total. The van der Waals surface area contributed by atoms with Gasteiger partial charge in [0.15, 0.2) is 5.79 Å². The fourth-order valence-electron chi connectivity index (χ4n) is 5.09. The largest absolute Gasteiger partial charge is 0.384 e. The van der Waals surface area contributed by atoms with Crippen molar-refractivity contribution >= 4 is 34.9 Å². The van der Waals surface area contributed by atoms with Crippen molar-refractivity contribution in [1.29, 1.82) is 5.41 Å². The third kappa shape index (κ3) is 6.32. The Kier molecular flexibility index (Phi) is 8.20. The Balaban J connectivity index is 1.25. The molecule has 2 aliphatic heterocycles. The molecule has 1 unspecified atom stereocenters. The molecule has 1 aromatic heterocycles. The lowest BCUT2D eigenvalue weighted by Gasteiger charge is -2.25. The van der Waals surface area contributed by atoms with Crippen molar-refractivity contribution in [2.24, 2.45) is 5.73 Å². The molecule has 2 fully saturated rings. The lowest BCUT2D eigenvalue weighted by Crippen LogP contribution is -2.49. The van der Waals surface area contributed by atoms with Crippen LogP contribution >= 0.6 is 11.3 Å². The first kappa shape index (κ1) is 28.5. The number of nitrogens with two attached hydrogens (primary N) is 1. The second kappa shape index (κ2) is 11.8. The van der Waals surface area contributed by atoms with Gasteiger partial charge in [-0.3, -0.25) is 19.8 Å². The molecule has 0 aliphatic carbocycles. The van der Waals surface area contributed by atoms with E-state index in [1.54, 1.807) is 29.6 Å². The van der Waals surface area contributed by atoms with E-state index in [-0.39, 0.29) is 43.2 Å². The number of carbonyl (C=O) groups is 3. The van der Waals surface area contributed by atoms with Gasteiger partial charge in [0.05, 0.1) is 32.3 Å². The monoisotopic (exact) mass is 575 g/mol. The molecular formula is C30H33N5O5S. The van der Waals surface area contributed by atoms with E-state index in [1.807, 2.05) is 44.2 Å². The minimum atomic E-state index is -1.04. The van der Waals surface area contributed by atoms with Crippen LogP contribution in [0.3, 0.4) is 0 Å². The minimum absolute atomic E-state index is 0.0417. The lowest BCUT2D eigenvalue weighted by atomic mass is 10.0. The van der Waals surface area contributed by atoms with Gasteiger partial charge in [-0.15, -0.1) is 11.3 Å². The maximum Gasteiger partial charge on any atom is 0.251 e. The molecule has 11 heteroatoms. The molecule has 41 heavy (non-hydrogen) atoms. The van der Waals surface area contributed by atoms with Gasteiger partial charge in [-0.2, -0.15) is 0 Å². The van der Waals surface area contributed by atoms with Crippen molar-refractivity contribution in [3.63, 3.8) is 0 Å². The number of nitrogen functional groups attached to an aromatic ring is 1. The Morgan fingerprint density at radius 3 is 2.51 bits per heavy atom. The fourth-order valence-corrected chi connectivity index (χ4v) is 6.00. The minimum Gasteiger partial charge on any atom is -0.384 e. The molecular weight excluding hydrogens is 542 g/mol. The second-order valence-electron chi connectivity index (χ2n) is 10.4. The third-order valence-electron chi connectivity index (χ3n) is 7.35. The van der Waals surface area contributed by atoms with Crippen LogP contribution in [0.4, 0.5) is 0 Å². The summed E-state index contributed by atoms with van der Waals surface area (Å²) in [6.45, 7) is 4.41. The van der Waals surface area contributed by atoms with E-state index in [2.05, 4.69) is 10.6 Å². The summed E-state index contributed by atoms with van der Waals surface area (Å²) >= 11 is 1.39. The summed E-state index contributed by atoms with van der Waals surface area (Å²) in [5.41, 5.74) is 9.63. The van der Waals surface area contributed by atoms with Crippen molar-refractivity contribution in [2.45, 2.75) is 38.1 Å². The predicted octanol–water partition coefficient (Wildman–Crippen LogP) is 2.96. The van der Waals surface area contributed by atoms with Gasteiger partial charge in [0.2, 0.25) is 11.8 Å². The number of rotatable bonds is 8. The zero-order valence-electron chi connectivity index (χ0n) is 22.9. The van der Waals surface area contributed by atoms with Gasteiger partial charge in [-0.1, -0.05) is 42.0 Å². The maximum absolute atomic E-state index is 13.4. The first-order valence-electron chi connectivity index (χ1n) is 13.4. The highest BCUT2D eigenvalue weighted by Gasteiger charge is 2.52. The van der Waals surface area contributed by atoms with Gasteiger partial charge in [0.1, 0.15) is 11.9 Å². The highest BCUT2D eigenvalue weighted by atomic mass is 32.1. The van der Waals surface area contributed by atoms with Crippen LogP contribution in [0.1, 0.15) is 45.7 Å². The Morgan fingerprint density at radius 2 is 1.83 bits per heavy atom. The van der Waals surface area contributed by atoms with Gasteiger partial charge in [-0.25, -0.2) is 0 Å². The predicted molar refractivity (Wildman–Crippen MR) is 156 cm³/mol. The first-order chi connectivity index (χ1) is 19.6. The molecule has 2 atom stereocenters. The fraction of sp³-hybridized carbons (Fsp3) is 0.333. The second-order valence-corrected chi connectivity index (χ2v) is 11.3. The van der Waals surface area contributed by atoms with Crippen molar-refractivity contribution in [3.8, 4) is 11.1 Å². The number of ether oxygens (including phenoxy) is 2. The summed E-state index contributed by atoms with van der Waals surface area (Å²) in [6.07, 6.45) is 0.187. The molecule has 214 valence electrons. The number of hydrogen-bond acceptors (Lipinski definition) is 7. The standard InChI is InChI=1S/C30H33N5O5S/c1-18-6-8-20(9-7-18)21-4-3-5-22(12-21)28(37)33-15-26(36)35-17-30(39-10-11-40-30)14-24(35)29(38)34-19(2)25-13-23(16-41-25)27(31)32/h3-9,12-13,16,19,24H,10-11,14-15,17H2,1-2H3,(H3,31,32)(H,33,37)(H,34,38)/t19-,24?/m1/s1. The number of hydrogen-bond donors (Lipinski definition) is 4. The Labute approximate surface area is 242 Å². The van der Waals surface area contributed by atoms with E-state index in [9.17, 15) is 14.4 Å². The maximum atomic E-state index is 13.4. The molecule has 3 amide bonds. The molecule has 5 rings (SSSR count). The van der Waals surface area contributed by atoms with E-state index in [0.29, 0.717) is 24.3 Å². The van der Waals surface area contributed by atoms with E-state index in [4.69, 9.17) is 20.6 Å². The molecule has 1 spiro atoms. The average Bonchev–Trinajstić information content (AvgIpc) is 3.73. The van der Waals surface area contributed by atoms with Crippen LogP contribution in [-0.4, -0.2) is 66.6 Å². The number of amides is 3. The Morgan fingerprint density at radius 1 is 1.10 bits per heavy atom. The molecule has 3 aromatic rings. The first-order valence-corrected chi connectivity index (χ1v) is 14.3.